The summed E-state index contributed by atoms with van der Waals surface area (Å²) in [5.74, 6) is -3.15. The molecule has 190 valence electrons. The molecule has 0 radical (unpaired) electrons. The molecule has 0 aromatic heterocycles. The van der Waals surface area contributed by atoms with Gasteiger partial charge in [0.05, 0.1) is 37.7 Å². The summed E-state index contributed by atoms with van der Waals surface area (Å²) in [6, 6.07) is 3.57. The molecule has 0 aliphatic carbocycles. The summed E-state index contributed by atoms with van der Waals surface area (Å²) in [6.45, 7) is 6.70. The molecule has 0 unspecified atom stereocenters. The third-order valence-electron chi connectivity index (χ3n) is 4.31. The Morgan fingerprint density at radius 2 is 1.40 bits per heavy atom. The Hall–Kier alpha value is -3.77. The van der Waals surface area contributed by atoms with E-state index in [4.69, 9.17) is 14.2 Å². The molecule has 1 aromatic carbocycles. The van der Waals surface area contributed by atoms with Gasteiger partial charge in [0, 0.05) is 30.8 Å². The third-order valence-corrected chi connectivity index (χ3v) is 4.31. The highest BCUT2D eigenvalue weighted by Gasteiger charge is 2.27. The van der Waals surface area contributed by atoms with Gasteiger partial charge in [-0.2, -0.15) is 0 Å². The minimum Gasteiger partial charge on any atom is -0.478 e. The number of alkyl carbamates (subject to hydrolysis) is 1. The van der Waals surface area contributed by atoms with Gasteiger partial charge >= 0.3 is 12.1 Å². The zero-order valence-corrected chi connectivity index (χ0v) is 19.8. The van der Waals surface area contributed by atoms with Crippen LogP contribution in [0, 0.1) is 0 Å². The van der Waals surface area contributed by atoms with E-state index >= 15 is 0 Å². The summed E-state index contributed by atoms with van der Waals surface area (Å²) in [7, 11) is 0. The highest BCUT2D eigenvalue weighted by atomic mass is 16.6. The van der Waals surface area contributed by atoms with Crippen LogP contribution in [0.5, 0.6) is 0 Å². The minimum absolute atomic E-state index is 0.00962. The van der Waals surface area contributed by atoms with Crippen LogP contribution in [0.1, 0.15) is 41.5 Å². The monoisotopic (exact) mass is 491 g/mol. The number of carbonyl (C=O) groups is 5. The van der Waals surface area contributed by atoms with E-state index in [9.17, 15) is 29.1 Å². The SMILES string of the molecule is CC(C)(C)OC(=O)NCCOCCOCCNC(=O)c1cc(C(=O)O)cc(N2C(=O)C=CC2=O)c1. The number of nitrogens with zero attached hydrogens (tertiary/aromatic N) is 1. The van der Waals surface area contributed by atoms with Gasteiger partial charge < -0.3 is 30.0 Å². The average molecular weight is 491 g/mol. The second kappa shape index (κ2) is 12.6. The number of nitrogens with one attached hydrogen (secondary N) is 2. The predicted octanol–water partition coefficient (Wildman–Crippen LogP) is 1.10. The first-order chi connectivity index (χ1) is 16.5. The van der Waals surface area contributed by atoms with Gasteiger partial charge in [-0.1, -0.05) is 0 Å². The lowest BCUT2D eigenvalue weighted by molar-refractivity contribution is -0.120. The summed E-state index contributed by atoms with van der Waals surface area (Å²) >= 11 is 0. The third kappa shape index (κ3) is 9.18. The predicted molar refractivity (Wildman–Crippen MR) is 123 cm³/mol. The van der Waals surface area contributed by atoms with E-state index in [0.29, 0.717) is 0 Å². The number of hydrogen-bond donors (Lipinski definition) is 3. The van der Waals surface area contributed by atoms with Crippen molar-refractivity contribution in [3.05, 3.63) is 41.5 Å². The van der Waals surface area contributed by atoms with Crippen molar-refractivity contribution in [1.82, 2.24) is 10.6 Å². The standard InChI is InChI=1S/C23H29N3O9/c1-23(2,3)35-22(32)25-7-9-34-11-10-33-8-6-24-20(29)15-12-16(21(30)31)14-17(13-15)26-18(27)4-5-19(26)28/h4-5,12-14H,6-11H2,1-3H3,(H,24,29)(H,25,32)(H,30,31). The maximum atomic E-state index is 12.5. The molecule has 1 heterocycles. The fourth-order valence-corrected chi connectivity index (χ4v) is 2.85. The van der Waals surface area contributed by atoms with Gasteiger partial charge in [0.25, 0.3) is 17.7 Å². The van der Waals surface area contributed by atoms with E-state index < -0.39 is 35.4 Å². The first kappa shape index (κ1) is 27.5. The van der Waals surface area contributed by atoms with Gasteiger partial charge in [-0.05, 0) is 39.0 Å². The molecule has 1 aliphatic heterocycles. The summed E-state index contributed by atoms with van der Waals surface area (Å²) in [5.41, 5.74) is -0.841. The van der Waals surface area contributed by atoms with Gasteiger partial charge in [-0.15, -0.1) is 0 Å². The van der Waals surface area contributed by atoms with E-state index in [-0.39, 0.29) is 56.3 Å². The summed E-state index contributed by atoms with van der Waals surface area (Å²) in [4.78, 5) is 60.0. The Balaban J connectivity index is 1.70. The number of aromatic carboxylic acids is 1. The van der Waals surface area contributed by atoms with Gasteiger partial charge in [0.2, 0.25) is 0 Å². The van der Waals surface area contributed by atoms with Crippen LogP contribution in [-0.2, 0) is 23.8 Å². The number of hydrogen-bond acceptors (Lipinski definition) is 8. The molecule has 1 aromatic rings. The Bertz CT molecular complexity index is 980. The minimum atomic E-state index is -1.31. The van der Waals surface area contributed by atoms with Crippen molar-refractivity contribution >= 4 is 35.5 Å². The van der Waals surface area contributed by atoms with Crippen molar-refractivity contribution in [1.29, 1.82) is 0 Å². The number of imide groups is 1. The van der Waals surface area contributed by atoms with Gasteiger partial charge in [0.15, 0.2) is 0 Å². The lowest BCUT2D eigenvalue weighted by Gasteiger charge is -2.19. The molecule has 12 heteroatoms. The van der Waals surface area contributed by atoms with Crippen LogP contribution in [0.4, 0.5) is 10.5 Å². The Morgan fingerprint density at radius 3 is 1.94 bits per heavy atom. The second-order valence-electron chi connectivity index (χ2n) is 8.33. The van der Waals surface area contributed by atoms with Crippen LogP contribution in [0.3, 0.4) is 0 Å². The summed E-state index contributed by atoms with van der Waals surface area (Å²) in [5, 5.41) is 14.5. The molecule has 0 spiro atoms. The van der Waals surface area contributed by atoms with E-state index in [1.54, 1.807) is 20.8 Å². The van der Waals surface area contributed by atoms with Crippen LogP contribution >= 0.6 is 0 Å². The number of ether oxygens (including phenoxy) is 3. The normalized spacial score (nSPS) is 13.2. The molecule has 3 N–H and O–H groups in total. The number of anilines is 1. The lowest BCUT2D eigenvalue weighted by atomic mass is 10.1. The fraction of sp³-hybridized carbons (Fsp3) is 0.435. The molecule has 2 rings (SSSR count). The van der Waals surface area contributed by atoms with Gasteiger partial charge in [0.1, 0.15) is 5.60 Å². The van der Waals surface area contributed by atoms with Gasteiger partial charge in [-0.25, -0.2) is 14.5 Å². The smallest absolute Gasteiger partial charge is 0.407 e. The van der Waals surface area contributed by atoms with E-state index in [1.807, 2.05) is 0 Å². The first-order valence-corrected chi connectivity index (χ1v) is 10.8. The van der Waals surface area contributed by atoms with E-state index in [1.165, 1.54) is 6.07 Å². The van der Waals surface area contributed by atoms with Crippen LogP contribution in [-0.4, -0.2) is 80.0 Å². The quantitative estimate of drug-likeness (QED) is 0.287. The molecule has 0 bridgehead atoms. The number of carbonyl (C=O) groups excluding carboxylic acids is 4. The maximum absolute atomic E-state index is 12.5. The molecule has 4 amide bonds. The van der Waals surface area contributed by atoms with Crippen molar-refractivity contribution in [2.75, 3.05) is 44.4 Å². The molecular weight excluding hydrogens is 462 g/mol. The molecular formula is C23H29N3O9. The second-order valence-corrected chi connectivity index (χ2v) is 8.33. The first-order valence-electron chi connectivity index (χ1n) is 10.8. The van der Waals surface area contributed by atoms with Crippen molar-refractivity contribution in [2.24, 2.45) is 0 Å². The zero-order valence-electron chi connectivity index (χ0n) is 19.8. The number of amides is 4. The van der Waals surface area contributed by atoms with Crippen molar-refractivity contribution in [3.8, 4) is 0 Å². The Kier molecular flexibility index (Phi) is 9.91. The van der Waals surface area contributed by atoms with Crippen molar-refractivity contribution in [3.63, 3.8) is 0 Å². The topological polar surface area (TPSA) is 161 Å². The summed E-state index contributed by atoms with van der Waals surface area (Å²) < 4.78 is 15.8. The largest absolute Gasteiger partial charge is 0.478 e. The van der Waals surface area contributed by atoms with Crippen LogP contribution in [0.15, 0.2) is 30.4 Å². The molecule has 1 aliphatic rings. The number of carboxylic acids is 1. The molecule has 0 fully saturated rings. The molecule has 12 nitrogen and oxygen atoms in total. The molecule has 0 saturated carbocycles. The Morgan fingerprint density at radius 1 is 0.857 bits per heavy atom. The molecule has 0 atom stereocenters. The van der Waals surface area contributed by atoms with Gasteiger partial charge in [-0.3, -0.25) is 14.4 Å². The summed E-state index contributed by atoms with van der Waals surface area (Å²) in [6.07, 6.45) is 1.60. The molecule has 0 saturated heterocycles. The van der Waals surface area contributed by atoms with E-state index in [0.717, 1.165) is 29.2 Å². The lowest BCUT2D eigenvalue weighted by Crippen LogP contribution is -2.34. The molecule has 35 heavy (non-hydrogen) atoms. The van der Waals surface area contributed by atoms with Crippen LogP contribution in [0.25, 0.3) is 0 Å². The number of carboxylic acid groups (broad SMARTS) is 1. The fourth-order valence-electron chi connectivity index (χ4n) is 2.85. The van der Waals surface area contributed by atoms with Crippen LogP contribution < -0.4 is 15.5 Å². The number of benzene rings is 1. The highest BCUT2D eigenvalue weighted by molar-refractivity contribution is 6.28. The van der Waals surface area contributed by atoms with E-state index in [2.05, 4.69) is 10.6 Å². The zero-order chi connectivity index (χ0) is 26.0. The highest BCUT2D eigenvalue weighted by Crippen LogP contribution is 2.23. The van der Waals surface area contributed by atoms with Crippen molar-refractivity contribution in [2.45, 2.75) is 26.4 Å². The average Bonchev–Trinajstić information content (AvgIpc) is 3.11. The van der Waals surface area contributed by atoms with Crippen molar-refractivity contribution < 1.29 is 43.3 Å². The Labute approximate surface area is 202 Å². The van der Waals surface area contributed by atoms with Crippen LogP contribution in [0.2, 0.25) is 0 Å². The number of rotatable bonds is 12. The maximum Gasteiger partial charge on any atom is 0.407 e.